The van der Waals surface area contributed by atoms with Crippen molar-refractivity contribution in [1.82, 2.24) is 15.1 Å². The summed E-state index contributed by atoms with van der Waals surface area (Å²) in [7, 11) is 0. The minimum Gasteiger partial charge on any atom is -0.304 e. The summed E-state index contributed by atoms with van der Waals surface area (Å²) in [6, 6.07) is 4.53. The fraction of sp³-hybridized carbons (Fsp3) is 0.462. The number of aryl methyl sites for hydroxylation is 1. The zero-order valence-corrected chi connectivity index (χ0v) is 13.1. The van der Waals surface area contributed by atoms with E-state index in [4.69, 9.17) is 0 Å². The van der Waals surface area contributed by atoms with Crippen molar-refractivity contribution in [2.45, 2.75) is 32.9 Å². The number of thiophene rings is 1. The highest BCUT2D eigenvalue weighted by Gasteiger charge is 2.18. The van der Waals surface area contributed by atoms with Crippen molar-refractivity contribution in [3.8, 4) is 0 Å². The third kappa shape index (κ3) is 3.02. The van der Waals surface area contributed by atoms with Gasteiger partial charge in [-0.25, -0.2) is 0 Å². The summed E-state index contributed by atoms with van der Waals surface area (Å²) in [5.74, 6) is 0. The van der Waals surface area contributed by atoms with Crippen LogP contribution in [0.15, 0.2) is 28.2 Å². The van der Waals surface area contributed by atoms with E-state index in [9.17, 15) is 0 Å². The van der Waals surface area contributed by atoms with Gasteiger partial charge in [0.2, 0.25) is 0 Å². The topological polar surface area (TPSA) is 29.9 Å². The SMILES string of the molecule is CCCNC(c1cc(Br)cs1)c1ccnn1CC. The van der Waals surface area contributed by atoms with E-state index in [0.29, 0.717) is 0 Å². The third-order valence-electron chi connectivity index (χ3n) is 2.82. The molecular weight excluding hydrogens is 310 g/mol. The maximum absolute atomic E-state index is 4.37. The lowest BCUT2D eigenvalue weighted by Crippen LogP contribution is -2.25. The Balaban J connectivity index is 2.30. The molecule has 2 heterocycles. The molecule has 0 aliphatic carbocycles. The van der Waals surface area contributed by atoms with Gasteiger partial charge in [0.15, 0.2) is 0 Å². The van der Waals surface area contributed by atoms with Gasteiger partial charge in [-0.1, -0.05) is 6.92 Å². The van der Waals surface area contributed by atoms with E-state index in [1.165, 1.54) is 10.6 Å². The fourth-order valence-corrected chi connectivity index (χ4v) is 3.50. The molecule has 1 unspecified atom stereocenters. The maximum atomic E-state index is 4.37. The van der Waals surface area contributed by atoms with Crippen LogP contribution in [0.3, 0.4) is 0 Å². The molecule has 0 bridgehead atoms. The number of aromatic nitrogens is 2. The molecule has 0 fully saturated rings. The lowest BCUT2D eigenvalue weighted by atomic mass is 10.1. The van der Waals surface area contributed by atoms with E-state index < -0.39 is 0 Å². The highest BCUT2D eigenvalue weighted by atomic mass is 79.9. The molecule has 98 valence electrons. The van der Waals surface area contributed by atoms with Gasteiger partial charge < -0.3 is 5.32 Å². The van der Waals surface area contributed by atoms with Gasteiger partial charge in [0, 0.05) is 27.5 Å². The van der Waals surface area contributed by atoms with Crippen LogP contribution in [0.25, 0.3) is 0 Å². The highest BCUT2D eigenvalue weighted by molar-refractivity contribution is 9.10. The number of nitrogens with zero attached hydrogens (tertiary/aromatic N) is 2. The van der Waals surface area contributed by atoms with E-state index in [1.54, 1.807) is 11.3 Å². The lowest BCUT2D eigenvalue weighted by Gasteiger charge is -2.18. The summed E-state index contributed by atoms with van der Waals surface area (Å²) >= 11 is 5.30. The second kappa shape index (κ2) is 6.50. The average Bonchev–Trinajstić information content (AvgIpc) is 2.99. The summed E-state index contributed by atoms with van der Waals surface area (Å²) in [4.78, 5) is 1.32. The van der Waals surface area contributed by atoms with Gasteiger partial charge in [0.05, 0.1) is 11.7 Å². The second-order valence-electron chi connectivity index (χ2n) is 4.13. The second-order valence-corrected chi connectivity index (χ2v) is 5.98. The van der Waals surface area contributed by atoms with Crippen LogP contribution < -0.4 is 5.32 Å². The van der Waals surface area contributed by atoms with Crippen LogP contribution in [0.5, 0.6) is 0 Å². The molecule has 3 nitrogen and oxygen atoms in total. The Bertz CT molecular complexity index is 492. The van der Waals surface area contributed by atoms with Crippen LogP contribution in [-0.4, -0.2) is 16.3 Å². The van der Waals surface area contributed by atoms with Crippen LogP contribution in [-0.2, 0) is 6.54 Å². The van der Waals surface area contributed by atoms with Crippen molar-refractivity contribution < 1.29 is 0 Å². The van der Waals surface area contributed by atoms with E-state index in [2.05, 4.69) is 62.4 Å². The molecule has 5 heteroatoms. The van der Waals surface area contributed by atoms with Crippen molar-refractivity contribution in [3.63, 3.8) is 0 Å². The first-order valence-corrected chi connectivity index (χ1v) is 7.92. The van der Waals surface area contributed by atoms with E-state index in [0.717, 1.165) is 24.0 Å². The Morgan fingerprint density at radius 2 is 2.33 bits per heavy atom. The van der Waals surface area contributed by atoms with Crippen LogP contribution in [0.2, 0.25) is 0 Å². The van der Waals surface area contributed by atoms with Crippen LogP contribution in [0.1, 0.15) is 36.9 Å². The fourth-order valence-electron chi connectivity index (χ4n) is 1.97. The van der Waals surface area contributed by atoms with Gasteiger partial charge >= 0.3 is 0 Å². The largest absolute Gasteiger partial charge is 0.304 e. The van der Waals surface area contributed by atoms with Crippen LogP contribution in [0, 0.1) is 0 Å². The van der Waals surface area contributed by atoms with Crippen molar-refractivity contribution >= 4 is 27.3 Å². The summed E-state index contributed by atoms with van der Waals surface area (Å²) in [5, 5.41) is 10.1. The molecule has 1 N–H and O–H groups in total. The van der Waals surface area contributed by atoms with E-state index in [-0.39, 0.29) is 6.04 Å². The van der Waals surface area contributed by atoms with Gasteiger partial charge in [0.25, 0.3) is 0 Å². The normalized spacial score (nSPS) is 12.8. The molecule has 0 saturated heterocycles. The summed E-state index contributed by atoms with van der Waals surface area (Å²) in [6.45, 7) is 6.22. The molecule has 2 rings (SSSR count). The molecule has 18 heavy (non-hydrogen) atoms. The monoisotopic (exact) mass is 327 g/mol. The summed E-state index contributed by atoms with van der Waals surface area (Å²) < 4.78 is 3.20. The zero-order valence-electron chi connectivity index (χ0n) is 10.7. The highest BCUT2D eigenvalue weighted by Crippen LogP contribution is 2.30. The Morgan fingerprint density at radius 3 is 2.94 bits per heavy atom. The number of halogens is 1. The average molecular weight is 328 g/mol. The van der Waals surface area contributed by atoms with Crippen molar-refractivity contribution in [3.05, 3.63) is 38.8 Å². The van der Waals surface area contributed by atoms with Crippen molar-refractivity contribution in [2.75, 3.05) is 6.54 Å². The molecule has 0 aliphatic rings. The number of rotatable bonds is 6. The Kier molecular flexibility index (Phi) is 4.97. The van der Waals surface area contributed by atoms with Crippen LogP contribution in [0.4, 0.5) is 0 Å². The molecule has 0 aliphatic heterocycles. The lowest BCUT2D eigenvalue weighted by molar-refractivity contribution is 0.534. The third-order valence-corrected chi connectivity index (χ3v) is 4.57. The first-order valence-electron chi connectivity index (χ1n) is 6.25. The molecule has 2 aromatic heterocycles. The van der Waals surface area contributed by atoms with Gasteiger partial charge in [-0.15, -0.1) is 11.3 Å². The van der Waals surface area contributed by atoms with E-state index >= 15 is 0 Å². The van der Waals surface area contributed by atoms with Crippen LogP contribution >= 0.6 is 27.3 Å². The maximum Gasteiger partial charge on any atom is 0.0842 e. The molecule has 0 radical (unpaired) electrons. The molecule has 0 amide bonds. The smallest absolute Gasteiger partial charge is 0.0842 e. The van der Waals surface area contributed by atoms with Crippen molar-refractivity contribution in [1.29, 1.82) is 0 Å². The molecular formula is C13H18BrN3S. The van der Waals surface area contributed by atoms with Gasteiger partial charge in [-0.2, -0.15) is 5.10 Å². The number of nitrogens with one attached hydrogen (secondary N) is 1. The van der Waals surface area contributed by atoms with Gasteiger partial charge in [-0.3, -0.25) is 4.68 Å². The Labute approximate surface area is 120 Å². The molecule has 2 aromatic rings. The van der Waals surface area contributed by atoms with Crippen molar-refractivity contribution in [2.24, 2.45) is 0 Å². The van der Waals surface area contributed by atoms with E-state index in [1.807, 2.05) is 6.20 Å². The Morgan fingerprint density at radius 1 is 1.50 bits per heavy atom. The zero-order chi connectivity index (χ0) is 13.0. The molecule has 1 atom stereocenters. The number of hydrogen-bond donors (Lipinski definition) is 1. The van der Waals surface area contributed by atoms with Gasteiger partial charge in [0.1, 0.15) is 0 Å². The summed E-state index contributed by atoms with van der Waals surface area (Å²) in [5.41, 5.74) is 1.24. The standard InChI is InChI=1S/C13H18BrN3S/c1-3-6-15-13(12-8-10(14)9-18-12)11-5-7-16-17(11)4-2/h5,7-9,13,15H,3-4,6H2,1-2H3. The molecule has 0 spiro atoms. The first-order chi connectivity index (χ1) is 8.76. The minimum absolute atomic E-state index is 0.240. The minimum atomic E-state index is 0.240. The quantitative estimate of drug-likeness (QED) is 0.874. The first kappa shape index (κ1) is 13.8. The Hall–Kier alpha value is -0.650. The van der Waals surface area contributed by atoms with Gasteiger partial charge in [-0.05, 0) is 48.0 Å². The molecule has 0 saturated carbocycles. The predicted octanol–water partition coefficient (Wildman–Crippen LogP) is 3.82. The molecule has 0 aromatic carbocycles. The summed E-state index contributed by atoms with van der Waals surface area (Å²) in [6.07, 6.45) is 3.01. The predicted molar refractivity (Wildman–Crippen MR) is 80.1 cm³/mol. The number of hydrogen-bond acceptors (Lipinski definition) is 3.